The van der Waals surface area contributed by atoms with Crippen LogP contribution in [0.25, 0.3) is 5.69 Å². The molecule has 0 aliphatic rings. The molecular formula is C23H19BrF3NO5. The van der Waals surface area contributed by atoms with E-state index in [0.717, 1.165) is 28.8 Å². The van der Waals surface area contributed by atoms with Gasteiger partial charge < -0.3 is 14.6 Å². The summed E-state index contributed by atoms with van der Waals surface area (Å²) in [7, 11) is 0. The molecule has 0 fully saturated rings. The molecule has 1 N–H and O–H groups in total. The molecule has 3 rings (SSSR count). The highest BCUT2D eigenvalue weighted by Crippen LogP contribution is 2.29. The quantitative estimate of drug-likeness (QED) is 0.440. The lowest BCUT2D eigenvalue weighted by molar-refractivity contribution is -0.145. The summed E-state index contributed by atoms with van der Waals surface area (Å²) in [6.07, 6.45) is -1.03. The molecule has 33 heavy (non-hydrogen) atoms. The summed E-state index contributed by atoms with van der Waals surface area (Å²) in [4.78, 5) is 24.1. The van der Waals surface area contributed by atoms with Crippen molar-refractivity contribution in [2.24, 2.45) is 0 Å². The van der Waals surface area contributed by atoms with Crippen LogP contribution in [0.5, 0.6) is 11.5 Å². The largest absolute Gasteiger partial charge is 0.487 e. The maximum Gasteiger partial charge on any atom is 0.344 e. The summed E-state index contributed by atoms with van der Waals surface area (Å²) in [5, 5.41) is 9.21. The van der Waals surface area contributed by atoms with Gasteiger partial charge >= 0.3 is 5.97 Å². The second kappa shape index (κ2) is 10.1. The van der Waals surface area contributed by atoms with Crippen LogP contribution in [0, 0.1) is 24.4 Å². The van der Waals surface area contributed by atoms with Gasteiger partial charge in [0.15, 0.2) is 6.10 Å². The first kappa shape index (κ1) is 24.4. The summed E-state index contributed by atoms with van der Waals surface area (Å²) in [6.45, 7) is 2.90. The van der Waals surface area contributed by atoms with Crippen molar-refractivity contribution < 1.29 is 32.5 Å². The fraction of sp³-hybridized carbons (Fsp3) is 0.217. The van der Waals surface area contributed by atoms with Crippen molar-refractivity contribution in [2.75, 3.05) is 0 Å². The number of aliphatic carboxylic acids is 1. The number of hydrogen-bond acceptors (Lipinski definition) is 4. The van der Waals surface area contributed by atoms with Gasteiger partial charge in [-0.15, -0.1) is 0 Å². The Morgan fingerprint density at radius 1 is 1.12 bits per heavy atom. The van der Waals surface area contributed by atoms with Gasteiger partial charge in [0.05, 0.1) is 0 Å². The van der Waals surface area contributed by atoms with Crippen molar-refractivity contribution in [3.05, 3.63) is 86.0 Å². The Hall–Kier alpha value is -3.27. The monoisotopic (exact) mass is 525 g/mol. The van der Waals surface area contributed by atoms with Crippen LogP contribution >= 0.6 is 15.9 Å². The van der Waals surface area contributed by atoms with Crippen molar-refractivity contribution >= 4 is 21.9 Å². The van der Waals surface area contributed by atoms with E-state index < -0.39 is 40.8 Å². The molecular weight excluding hydrogens is 507 g/mol. The van der Waals surface area contributed by atoms with Crippen LogP contribution in [0.3, 0.4) is 0 Å². The van der Waals surface area contributed by atoms with E-state index in [4.69, 9.17) is 9.47 Å². The molecule has 0 aliphatic carbocycles. The van der Waals surface area contributed by atoms with Gasteiger partial charge in [-0.2, -0.15) is 0 Å². The fourth-order valence-electron chi connectivity index (χ4n) is 3.14. The van der Waals surface area contributed by atoms with Crippen molar-refractivity contribution in [2.45, 2.75) is 33.0 Å². The predicted molar refractivity (Wildman–Crippen MR) is 117 cm³/mol. The summed E-state index contributed by atoms with van der Waals surface area (Å²) in [5.41, 5.74) is -0.720. The molecule has 10 heteroatoms. The SMILES string of the molecule is CCC(Oc1cc(F)ccc1COc1cc(C)n(-c2c(F)cccc2F)c(=O)c1Br)C(=O)O. The number of carboxylic acids is 1. The number of para-hydroxylation sites is 1. The Morgan fingerprint density at radius 2 is 1.79 bits per heavy atom. The van der Waals surface area contributed by atoms with E-state index in [1.807, 2.05) is 0 Å². The van der Waals surface area contributed by atoms with Crippen LogP contribution < -0.4 is 15.0 Å². The number of hydrogen-bond donors (Lipinski definition) is 1. The van der Waals surface area contributed by atoms with Gasteiger partial charge in [-0.25, -0.2) is 18.0 Å². The molecule has 0 saturated carbocycles. The second-order valence-corrected chi connectivity index (χ2v) is 7.86. The zero-order valence-electron chi connectivity index (χ0n) is 17.6. The minimum Gasteiger partial charge on any atom is -0.487 e. The number of aryl methyl sites for hydroxylation is 1. The van der Waals surface area contributed by atoms with E-state index in [-0.39, 0.29) is 34.7 Å². The summed E-state index contributed by atoms with van der Waals surface area (Å²) in [6, 6.07) is 8.26. The van der Waals surface area contributed by atoms with E-state index >= 15 is 0 Å². The molecule has 1 aromatic heterocycles. The average Bonchev–Trinajstić information content (AvgIpc) is 2.76. The molecule has 0 spiro atoms. The predicted octanol–water partition coefficient (Wildman–Crippen LogP) is 5.15. The fourth-order valence-corrected chi connectivity index (χ4v) is 3.55. The highest BCUT2D eigenvalue weighted by molar-refractivity contribution is 9.10. The second-order valence-electron chi connectivity index (χ2n) is 7.07. The minimum atomic E-state index is -1.20. The van der Waals surface area contributed by atoms with Crippen molar-refractivity contribution in [1.82, 2.24) is 4.57 Å². The van der Waals surface area contributed by atoms with Crippen LogP contribution in [0.2, 0.25) is 0 Å². The number of carbonyl (C=O) groups is 1. The normalized spacial score (nSPS) is 11.8. The molecule has 0 saturated heterocycles. The topological polar surface area (TPSA) is 77.8 Å². The molecule has 0 amide bonds. The third-order valence-corrected chi connectivity index (χ3v) is 5.52. The van der Waals surface area contributed by atoms with Gasteiger partial charge in [-0.3, -0.25) is 9.36 Å². The molecule has 0 bridgehead atoms. The number of halogens is 4. The average molecular weight is 526 g/mol. The summed E-state index contributed by atoms with van der Waals surface area (Å²) >= 11 is 3.11. The number of benzene rings is 2. The van der Waals surface area contributed by atoms with Crippen LogP contribution in [0.15, 0.2) is 51.7 Å². The van der Waals surface area contributed by atoms with E-state index in [1.165, 1.54) is 25.1 Å². The van der Waals surface area contributed by atoms with Gasteiger partial charge in [0.1, 0.15) is 45.7 Å². The molecule has 1 heterocycles. The van der Waals surface area contributed by atoms with Gasteiger partial charge in [-0.05, 0) is 53.5 Å². The Bertz CT molecular complexity index is 1240. The lowest BCUT2D eigenvalue weighted by Gasteiger charge is -2.18. The molecule has 0 aliphatic heterocycles. The first-order valence-corrected chi connectivity index (χ1v) is 10.6. The molecule has 174 valence electrons. The Kier molecular flexibility index (Phi) is 7.47. The lowest BCUT2D eigenvalue weighted by Crippen LogP contribution is -2.26. The van der Waals surface area contributed by atoms with Gasteiger partial charge in [0.25, 0.3) is 5.56 Å². The molecule has 6 nitrogen and oxygen atoms in total. The molecule has 0 radical (unpaired) electrons. The highest BCUT2D eigenvalue weighted by Gasteiger charge is 2.21. The van der Waals surface area contributed by atoms with Crippen LogP contribution in [-0.2, 0) is 11.4 Å². The standard InChI is InChI=1S/C23H19BrF3NO5/c1-3-17(23(30)31)33-18-10-14(25)8-7-13(18)11-32-19-9-12(2)28(22(29)20(19)24)21-15(26)5-4-6-16(21)27/h4-10,17H,3,11H2,1-2H3,(H,30,31). The Morgan fingerprint density at radius 3 is 2.39 bits per heavy atom. The third kappa shape index (κ3) is 5.22. The molecule has 1 atom stereocenters. The van der Waals surface area contributed by atoms with Gasteiger partial charge in [0.2, 0.25) is 0 Å². The van der Waals surface area contributed by atoms with Crippen LogP contribution in [0.4, 0.5) is 13.2 Å². The smallest absolute Gasteiger partial charge is 0.344 e. The van der Waals surface area contributed by atoms with Gasteiger partial charge in [-0.1, -0.05) is 13.0 Å². The van der Waals surface area contributed by atoms with Crippen LogP contribution in [0.1, 0.15) is 24.6 Å². The maximum atomic E-state index is 14.2. The first-order chi connectivity index (χ1) is 15.6. The van der Waals surface area contributed by atoms with E-state index in [2.05, 4.69) is 15.9 Å². The van der Waals surface area contributed by atoms with Crippen molar-refractivity contribution in [3.63, 3.8) is 0 Å². The minimum absolute atomic E-state index is 0.0149. The Balaban J connectivity index is 1.94. The zero-order valence-corrected chi connectivity index (χ0v) is 19.2. The number of rotatable bonds is 8. The highest BCUT2D eigenvalue weighted by atomic mass is 79.9. The zero-order chi connectivity index (χ0) is 24.3. The van der Waals surface area contributed by atoms with Crippen LogP contribution in [-0.4, -0.2) is 21.7 Å². The third-order valence-electron chi connectivity index (χ3n) is 4.79. The maximum absolute atomic E-state index is 14.2. The summed E-state index contributed by atoms with van der Waals surface area (Å²) < 4.78 is 54.1. The van der Waals surface area contributed by atoms with Crippen molar-refractivity contribution in [1.29, 1.82) is 0 Å². The first-order valence-electron chi connectivity index (χ1n) is 9.81. The number of ether oxygens (including phenoxy) is 2. The van der Waals surface area contributed by atoms with Gasteiger partial charge in [0, 0.05) is 23.4 Å². The number of carboxylic acid groups (broad SMARTS) is 1. The Labute approximate surface area is 195 Å². The number of nitrogens with zero attached hydrogens (tertiary/aromatic N) is 1. The number of aromatic nitrogens is 1. The number of pyridine rings is 1. The van der Waals surface area contributed by atoms with Crippen molar-refractivity contribution in [3.8, 4) is 17.2 Å². The van der Waals surface area contributed by atoms with E-state index in [0.29, 0.717) is 5.56 Å². The molecule has 3 aromatic rings. The molecule has 1 unspecified atom stereocenters. The van der Waals surface area contributed by atoms with E-state index in [9.17, 15) is 27.9 Å². The summed E-state index contributed by atoms with van der Waals surface area (Å²) in [5.74, 6) is -3.57. The lowest BCUT2D eigenvalue weighted by atomic mass is 10.2. The van der Waals surface area contributed by atoms with E-state index in [1.54, 1.807) is 6.92 Å². The molecule has 2 aromatic carbocycles.